The normalized spacial score (nSPS) is 31.5. The fourth-order valence-electron chi connectivity index (χ4n) is 1.14. The van der Waals surface area contributed by atoms with Gasteiger partial charge in [-0.25, -0.2) is 4.21 Å². The van der Waals surface area contributed by atoms with E-state index in [0.29, 0.717) is 12.8 Å². The Bertz CT molecular complexity index is 282. The first-order valence-corrected chi connectivity index (χ1v) is 6.23. The first-order valence-electron chi connectivity index (χ1n) is 3.45. The summed E-state index contributed by atoms with van der Waals surface area (Å²) < 4.78 is 48.0. The van der Waals surface area contributed by atoms with Crippen molar-refractivity contribution in [1.29, 1.82) is 0 Å². The molecule has 7 heteroatoms. The second kappa shape index (κ2) is 3.41. The lowest BCUT2D eigenvalue weighted by atomic mass is 10.3. The van der Waals surface area contributed by atoms with Gasteiger partial charge in [-0.1, -0.05) is 0 Å². The molecule has 0 aromatic heterocycles. The van der Waals surface area contributed by atoms with Gasteiger partial charge in [0.05, 0.1) is 5.25 Å². The van der Waals surface area contributed by atoms with Gasteiger partial charge >= 0.3 is 0 Å². The maximum Gasteiger partial charge on any atom is 0.268 e. The smallest absolute Gasteiger partial charge is 0.268 e. The van der Waals surface area contributed by atoms with Crippen LogP contribution in [0.5, 0.6) is 0 Å². The molecule has 1 rings (SSSR count). The van der Waals surface area contributed by atoms with Gasteiger partial charge in [-0.2, -0.15) is 8.42 Å². The first-order chi connectivity index (χ1) is 5.41. The van der Waals surface area contributed by atoms with E-state index in [9.17, 15) is 12.6 Å². The van der Waals surface area contributed by atoms with Crippen molar-refractivity contribution in [2.75, 3.05) is 5.75 Å². The molecule has 72 valence electrons. The maximum atomic E-state index is 10.5. The Labute approximate surface area is 73.2 Å². The molecule has 1 aliphatic rings. The molecule has 0 spiro atoms. The Hall–Kier alpha value is 0.0200. The van der Waals surface area contributed by atoms with Crippen molar-refractivity contribution < 1.29 is 21.7 Å². The van der Waals surface area contributed by atoms with E-state index in [-0.39, 0.29) is 11.7 Å². The van der Waals surface area contributed by atoms with E-state index in [4.69, 9.17) is 9.11 Å². The van der Waals surface area contributed by atoms with Crippen molar-refractivity contribution in [2.24, 2.45) is 5.92 Å². The van der Waals surface area contributed by atoms with Crippen LogP contribution >= 0.6 is 0 Å². The summed E-state index contributed by atoms with van der Waals surface area (Å²) in [5, 5.41) is -0.693. The highest BCUT2D eigenvalue weighted by Gasteiger charge is 2.46. The van der Waals surface area contributed by atoms with Gasteiger partial charge in [0.1, 0.15) is 0 Å². The van der Waals surface area contributed by atoms with Gasteiger partial charge < -0.3 is 4.55 Å². The molecule has 2 N–H and O–H groups in total. The lowest BCUT2D eigenvalue weighted by Gasteiger charge is -1.94. The SMILES string of the molecule is O=S(O)CCC1CC1S(=O)(=O)O. The summed E-state index contributed by atoms with van der Waals surface area (Å²) in [5.41, 5.74) is 0. The first kappa shape index (κ1) is 10.1. The zero-order valence-electron chi connectivity index (χ0n) is 6.21. The summed E-state index contributed by atoms with van der Waals surface area (Å²) in [5.74, 6) is -0.0486. The van der Waals surface area contributed by atoms with Crippen LogP contribution in [0.4, 0.5) is 0 Å². The standard InChI is InChI=1S/C5H10O5S2/c6-11(7)2-1-4-3-5(4)12(8,9)10/h4-5H,1-3H2,(H,6,7)(H,8,9,10). The van der Waals surface area contributed by atoms with Crippen LogP contribution in [0.25, 0.3) is 0 Å². The van der Waals surface area contributed by atoms with E-state index < -0.39 is 26.4 Å². The Kier molecular flexibility index (Phi) is 2.87. The van der Waals surface area contributed by atoms with Crippen molar-refractivity contribution in [2.45, 2.75) is 18.1 Å². The minimum atomic E-state index is -3.91. The second-order valence-corrected chi connectivity index (χ2v) is 5.55. The highest BCUT2D eigenvalue weighted by Crippen LogP contribution is 2.39. The van der Waals surface area contributed by atoms with Crippen molar-refractivity contribution in [1.82, 2.24) is 0 Å². The van der Waals surface area contributed by atoms with Crippen LogP contribution < -0.4 is 0 Å². The zero-order chi connectivity index (χ0) is 9.35. The molecule has 3 unspecified atom stereocenters. The van der Waals surface area contributed by atoms with E-state index in [1.165, 1.54) is 0 Å². The topological polar surface area (TPSA) is 91.7 Å². The minimum absolute atomic E-state index is 0.0800. The molecule has 0 aliphatic heterocycles. The van der Waals surface area contributed by atoms with Crippen LogP contribution in [0.3, 0.4) is 0 Å². The Morgan fingerprint density at radius 1 is 1.50 bits per heavy atom. The molecule has 0 bridgehead atoms. The van der Waals surface area contributed by atoms with Crippen molar-refractivity contribution in [3.63, 3.8) is 0 Å². The van der Waals surface area contributed by atoms with E-state index in [0.717, 1.165) is 0 Å². The van der Waals surface area contributed by atoms with Crippen LogP contribution in [-0.4, -0.2) is 32.7 Å². The zero-order valence-corrected chi connectivity index (χ0v) is 7.84. The Balaban J connectivity index is 2.30. The lowest BCUT2D eigenvalue weighted by molar-refractivity contribution is 0.478. The quantitative estimate of drug-likeness (QED) is 0.502. The Morgan fingerprint density at radius 3 is 2.42 bits per heavy atom. The lowest BCUT2D eigenvalue weighted by Crippen LogP contribution is -2.08. The van der Waals surface area contributed by atoms with Gasteiger partial charge in [0, 0.05) is 5.75 Å². The molecule has 12 heavy (non-hydrogen) atoms. The van der Waals surface area contributed by atoms with Gasteiger partial charge in [0.2, 0.25) is 0 Å². The molecule has 0 heterocycles. The molecule has 0 aromatic carbocycles. The highest BCUT2D eigenvalue weighted by molar-refractivity contribution is 7.86. The predicted octanol–water partition coefficient (Wildman–Crippen LogP) is -0.125. The fraction of sp³-hybridized carbons (Fsp3) is 1.00. The Morgan fingerprint density at radius 2 is 2.08 bits per heavy atom. The average molecular weight is 214 g/mol. The maximum absolute atomic E-state index is 10.5. The number of hydrogen-bond donors (Lipinski definition) is 2. The number of rotatable bonds is 4. The fourth-order valence-corrected chi connectivity index (χ4v) is 2.76. The highest BCUT2D eigenvalue weighted by atomic mass is 32.2. The third-order valence-corrected chi connectivity index (χ3v) is 3.83. The van der Waals surface area contributed by atoms with Crippen LogP contribution in [0, 0.1) is 5.92 Å². The third kappa shape index (κ3) is 2.81. The molecule has 3 atom stereocenters. The van der Waals surface area contributed by atoms with Gasteiger partial charge in [-0.3, -0.25) is 4.55 Å². The third-order valence-electron chi connectivity index (χ3n) is 1.90. The van der Waals surface area contributed by atoms with Gasteiger partial charge in [-0.05, 0) is 18.8 Å². The second-order valence-electron chi connectivity index (χ2n) is 2.86. The molecule has 0 amide bonds. The summed E-state index contributed by atoms with van der Waals surface area (Å²) in [6.45, 7) is 0. The molecular weight excluding hydrogens is 204 g/mol. The van der Waals surface area contributed by atoms with E-state index in [2.05, 4.69) is 0 Å². The molecule has 1 aliphatic carbocycles. The van der Waals surface area contributed by atoms with Gasteiger partial charge in [0.25, 0.3) is 10.1 Å². The van der Waals surface area contributed by atoms with Crippen LogP contribution in [0.2, 0.25) is 0 Å². The van der Waals surface area contributed by atoms with Crippen molar-refractivity contribution in [3.05, 3.63) is 0 Å². The van der Waals surface area contributed by atoms with Crippen LogP contribution in [0.1, 0.15) is 12.8 Å². The molecule has 5 nitrogen and oxygen atoms in total. The number of hydrogen-bond acceptors (Lipinski definition) is 3. The molecule has 0 radical (unpaired) electrons. The average Bonchev–Trinajstić information content (AvgIpc) is 2.59. The van der Waals surface area contributed by atoms with E-state index in [1.807, 2.05) is 0 Å². The molecule has 1 saturated carbocycles. The van der Waals surface area contributed by atoms with Crippen LogP contribution in [-0.2, 0) is 21.2 Å². The summed E-state index contributed by atoms with van der Waals surface area (Å²) in [7, 11) is -3.91. The van der Waals surface area contributed by atoms with Gasteiger partial charge in [-0.15, -0.1) is 0 Å². The largest absolute Gasteiger partial charge is 0.306 e. The minimum Gasteiger partial charge on any atom is -0.306 e. The summed E-state index contributed by atoms with van der Waals surface area (Å²) in [6.07, 6.45) is 0.795. The van der Waals surface area contributed by atoms with Crippen molar-refractivity contribution >= 4 is 21.2 Å². The molecular formula is C5H10O5S2. The van der Waals surface area contributed by atoms with E-state index in [1.54, 1.807) is 0 Å². The van der Waals surface area contributed by atoms with Crippen LogP contribution in [0.15, 0.2) is 0 Å². The van der Waals surface area contributed by atoms with Gasteiger partial charge in [0.15, 0.2) is 11.1 Å². The van der Waals surface area contributed by atoms with Crippen molar-refractivity contribution in [3.8, 4) is 0 Å². The summed E-state index contributed by atoms with van der Waals surface area (Å²) >= 11 is -1.86. The molecule has 1 fully saturated rings. The molecule has 0 aromatic rings. The van der Waals surface area contributed by atoms with E-state index >= 15 is 0 Å². The predicted molar refractivity (Wildman–Crippen MR) is 43.7 cm³/mol. The molecule has 0 saturated heterocycles. The summed E-state index contributed by atoms with van der Waals surface area (Å²) in [4.78, 5) is 0. The monoisotopic (exact) mass is 214 g/mol. The summed E-state index contributed by atoms with van der Waals surface area (Å²) in [6, 6.07) is 0.